The topological polar surface area (TPSA) is 30.5 Å². The summed E-state index contributed by atoms with van der Waals surface area (Å²) in [4.78, 5) is 0. The van der Waals surface area contributed by atoms with Gasteiger partial charge in [0, 0.05) is 12.6 Å². The van der Waals surface area contributed by atoms with Crippen LogP contribution in [0, 0.1) is 5.92 Å². The van der Waals surface area contributed by atoms with Gasteiger partial charge in [0.25, 0.3) is 0 Å². The molecule has 3 nitrogen and oxygen atoms in total. The Morgan fingerprint density at radius 3 is 2.79 bits per heavy atom. The fourth-order valence-electron chi connectivity index (χ4n) is 3.57. The van der Waals surface area contributed by atoms with Gasteiger partial charge in [-0.15, -0.1) is 0 Å². The summed E-state index contributed by atoms with van der Waals surface area (Å²) in [5.41, 5.74) is 0. The molecule has 112 valence electrons. The first-order chi connectivity index (χ1) is 9.33. The minimum Gasteiger partial charge on any atom is -0.376 e. The van der Waals surface area contributed by atoms with Crippen LogP contribution in [-0.2, 0) is 9.47 Å². The lowest BCUT2D eigenvalue weighted by molar-refractivity contribution is -0.0827. The average Bonchev–Trinajstić information content (AvgIpc) is 2.47. The van der Waals surface area contributed by atoms with Crippen molar-refractivity contribution in [3.05, 3.63) is 0 Å². The van der Waals surface area contributed by atoms with E-state index in [0.717, 1.165) is 19.1 Å². The third-order valence-electron chi connectivity index (χ3n) is 4.74. The van der Waals surface area contributed by atoms with E-state index in [4.69, 9.17) is 9.47 Å². The first-order valence-corrected chi connectivity index (χ1v) is 8.24. The Kier molecular flexibility index (Phi) is 6.62. The van der Waals surface area contributed by atoms with E-state index >= 15 is 0 Å². The highest BCUT2D eigenvalue weighted by atomic mass is 16.5. The molecule has 3 heteroatoms. The maximum absolute atomic E-state index is 6.22. The molecule has 0 bridgehead atoms. The molecular weight excluding hydrogens is 238 g/mol. The molecule has 1 aliphatic carbocycles. The highest BCUT2D eigenvalue weighted by Gasteiger charge is 2.30. The van der Waals surface area contributed by atoms with Gasteiger partial charge in [-0.3, -0.25) is 0 Å². The third kappa shape index (κ3) is 4.73. The van der Waals surface area contributed by atoms with Gasteiger partial charge in [0.15, 0.2) is 0 Å². The molecule has 1 N–H and O–H groups in total. The van der Waals surface area contributed by atoms with Crippen LogP contribution in [0.3, 0.4) is 0 Å². The van der Waals surface area contributed by atoms with Gasteiger partial charge in [0.05, 0.1) is 18.8 Å². The summed E-state index contributed by atoms with van der Waals surface area (Å²) in [5.74, 6) is 0.867. The molecular formula is C16H31NO2. The number of likely N-dealkylation sites (N-methyl/N-ethyl adjacent to an activating group) is 1. The zero-order valence-electron chi connectivity index (χ0n) is 12.7. The summed E-state index contributed by atoms with van der Waals surface area (Å²) < 4.78 is 12.0. The maximum Gasteiger partial charge on any atom is 0.0808 e. The van der Waals surface area contributed by atoms with Crippen molar-refractivity contribution in [3.8, 4) is 0 Å². The highest BCUT2D eigenvalue weighted by Crippen LogP contribution is 2.30. The van der Waals surface area contributed by atoms with Crippen LogP contribution in [0.25, 0.3) is 0 Å². The highest BCUT2D eigenvalue weighted by molar-refractivity contribution is 4.85. The molecule has 0 aromatic heterocycles. The van der Waals surface area contributed by atoms with Gasteiger partial charge in [-0.25, -0.2) is 0 Å². The van der Waals surface area contributed by atoms with E-state index in [0.29, 0.717) is 18.2 Å². The van der Waals surface area contributed by atoms with Gasteiger partial charge >= 0.3 is 0 Å². The first-order valence-electron chi connectivity index (χ1n) is 8.24. The lowest BCUT2D eigenvalue weighted by Gasteiger charge is -2.37. The van der Waals surface area contributed by atoms with Gasteiger partial charge in [0.1, 0.15) is 0 Å². The maximum atomic E-state index is 6.22. The van der Waals surface area contributed by atoms with Crippen molar-refractivity contribution in [2.45, 2.75) is 76.5 Å². The van der Waals surface area contributed by atoms with Crippen LogP contribution in [0.5, 0.6) is 0 Å². The SMILES string of the molecule is CCCC1CCC(NC)C(OCC2CCCCO2)C1. The summed E-state index contributed by atoms with van der Waals surface area (Å²) in [6, 6.07) is 0.539. The number of rotatable bonds is 6. The van der Waals surface area contributed by atoms with Crippen LogP contribution >= 0.6 is 0 Å². The molecule has 4 atom stereocenters. The molecule has 1 saturated heterocycles. The molecule has 1 saturated carbocycles. The molecule has 19 heavy (non-hydrogen) atoms. The van der Waals surface area contributed by atoms with Crippen LogP contribution in [0.1, 0.15) is 58.3 Å². The van der Waals surface area contributed by atoms with Crippen molar-refractivity contribution in [1.82, 2.24) is 5.32 Å². The molecule has 0 aromatic carbocycles. The van der Waals surface area contributed by atoms with Crippen molar-refractivity contribution in [3.63, 3.8) is 0 Å². The second-order valence-corrected chi connectivity index (χ2v) is 6.22. The predicted octanol–water partition coefficient (Wildman–Crippen LogP) is 3.13. The quantitative estimate of drug-likeness (QED) is 0.803. The Bertz CT molecular complexity index is 241. The van der Waals surface area contributed by atoms with E-state index in [1.165, 1.54) is 51.4 Å². The number of nitrogens with one attached hydrogen (secondary N) is 1. The molecule has 2 rings (SSSR count). The van der Waals surface area contributed by atoms with Crippen molar-refractivity contribution in [2.24, 2.45) is 5.92 Å². The minimum atomic E-state index is 0.345. The second kappa shape index (κ2) is 8.23. The normalized spacial score (nSPS) is 36.3. The molecule has 0 radical (unpaired) electrons. The largest absolute Gasteiger partial charge is 0.376 e. The van der Waals surface area contributed by atoms with Crippen LogP contribution in [0.4, 0.5) is 0 Å². The fraction of sp³-hybridized carbons (Fsp3) is 1.00. The van der Waals surface area contributed by atoms with Gasteiger partial charge in [-0.05, 0) is 51.5 Å². The summed E-state index contributed by atoms with van der Waals surface area (Å²) in [7, 11) is 2.07. The van der Waals surface area contributed by atoms with E-state index in [9.17, 15) is 0 Å². The molecule has 0 spiro atoms. The molecule has 2 aliphatic rings. The zero-order chi connectivity index (χ0) is 13.5. The molecule has 1 heterocycles. The van der Waals surface area contributed by atoms with E-state index in [1.807, 2.05) is 0 Å². The summed E-state index contributed by atoms with van der Waals surface area (Å²) in [6.45, 7) is 4.00. The lowest BCUT2D eigenvalue weighted by Crippen LogP contribution is -2.45. The molecule has 4 unspecified atom stereocenters. The van der Waals surface area contributed by atoms with Crippen LogP contribution in [0.2, 0.25) is 0 Å². The zero-order valence-corrected chi connectivity index (χ0v) is 12.7. The standard InChI is InChI=1S/C16H31NO2/c1-3-6-13-8-9-15(17-2)16(11-13)19-12-14-7-4-5-10-18-14/h13-17H,3-12H2,1-2H3. The van der Waals surface area contributed by atoms with Gasteiger partial charge in [-0.1, -0.05) is 19.8 Å². The lowest BCUT2D eigenvalue weighted by atomic mass is 9.81. The van der Waals surface area contributed by atoms with Gasteiger partial charge in [-0.2, -0.15) is 0 Å². The van der Waals surface area contributed by atoms with E-state index in [1.54, 1.807) is 0 Å². The van der Waals surface area contributed by atoms with Crippen LogP contribution < -0.4 is 5.32 Å². The Hall–Kier alpha value is -0.120. The first kappa shape index (κ1) is 15.3. The molecule has 0 aromatic rings. The Morgan fingerprint density at radius 2 is 2.11 bits per heavy atom. The predicted molar refractivity (Wildman–Crippen MR) is 78.4 cm³/mol. The Labute approximate surface area is 118 Å². The number of hydrogen-bond acceptors (Lipinski definition) is 3. The third-order valence-corrected chi connectivity index (χ3v) is 4.74. The van der Waals surface area contributed by atoms with Crippen molar-refractivity contribution in [1.29, 1.82) is 0 Å². The fourth-order valence-corrected chi connectivity index (χ4v) is 3.57. The number of hydrogen-bond donors (Lipinski definition) is 1. The second-order valence-electron chi connectivity index (χ2n) is 6.22. The van der Waals surface area contributed by atoms with Crippen LogP contribution in [-0.4, -0.2) is 38.5 Å². The van der Waals surface area contributed by atoms with Crippen molar-refractivity contribution >= 4 is 0 Å². The van der Waals surface area contributed by atoms with Crippen molar-refractivity contribution in [2.75, 3.05) is 20.3 Å². The number of ether oxygens (including phenoxy) is 2. The monoisotopic (exact) mass is 269 g/mol. The average molecular weight is 269 g/mol. The van der Waals surface area contributed by atoms with Crippen LogP contribution in [0.15, 0.2) is 0 Å². The van der Waals surface area contributed by atoms with E-state index < -0.39 is 0 Å². The Morgan fingerprint density at radius 1 is 1.21 bits per heavy atom. The van der Waals surface area contributed by atoms with Crippen molar-refractivity contribution < 1.29 is 9.47 Å². The summed E-state index contributed by atoms with van der Waals surface area (Å²) >= 11 is 0. The summed E-state index contributed by atoms with van der Waals surface area (Å²) in [5, 5.41) is 3.44. The van der Waals surface area contributed by atoms with Gasteiger partial charge < -0.3 is 14.8 Å². The smallest absolute Gasteiger partial charge is 0.0808 e. The molecule has 0 amide bonds. The van der Waals surface area contributed by atoms with E-state index in [-0.39, 0.29) is 0 Å². The molecule has 2 fully saturated rings. The molecule has 1 aliphatic heterocycles. The van der Waals surface area contributed by atoms with E-state index in [2.05, 4.69) is 19.3 Å². The minimum absolute atomic E-state index is 0.345. The van der Waals surface area contributed by atoms with Gasteiger partial charge in [0.2, 0.25) is 0 Å². The Balaban J connectivity index is 1.76. The summed E-state index contributed by atoms with van der Waals surface area (Å²) in [6.07, 6.45) is 10.9.